The van der Waals surface area contributed by atoms with Crippen LogP contribution in [-0.4, -0.2) is 162 Å². The van der Waals surface area contributed by atoms with Crippen molar-refractivity contribution in [3.05, 3.63) is 0 Å². The first kappa shape index (κ1) is 63.2. The number of carbonyl (C=O) groups is 7. The highest BCUT2D eigenvalue weighted by molar-refractivity contribution is 5.87. The van der Waals surface area contributed by atoms with Gasteiger partial charge in [0.05, 0.1) is 58.8 Å². The molecule has 12 N–H and O–H groups in total. The topological polar surface area (TPSA) is 321 Å². The SMILES string of the molecule is CCCCCCCCCCCCCCCCCC(=O)NC(CCC(=O)NCCOCCOCC(=O)NCCOCCOCC(=O)NCCCC[C@H](NCN)C(=O)CN[C@@H](CO)C(N)=O)C(=O)O. The molecule has 21 heteroatoms. The molecule has 0 aliphatic rings. The number of ketones is 1. The first-order valence-electron chi connectivity index (χ1n) is 24.7. The van der Waals surface area contributed by atoms with Crippen molar-refractivity contribution in [3.63, 3.8) is 0 Å². The monoisotopic (exact) mass is 961 g/mol. The van der Waals surface area contributed by atoms with E-state index in [1.807, 2.05) is 0 Å². The summed E-state index contributed by atoms with van der Waals surface area (Å²) < 4.78 is 21.4. The number of Topliss-reactive ketones (excluding diaryl/α,β-unsaturated/α-hetero) is 1. The van der Waals surface area contributed by atoms with E-state index in [2.05, 4.69) is 38.8 Å². The number of nitrogens with one attached hydrogen (secondary N) is 6. The summed E-state index contributed by atoms with van der Waals surface area (Å²) >= 11 is 0. The van der Waals surface area contributed by atoms with E-state index in [0.29, 0.717) is 32.2 Å². The number of primary amides is 1. The molecule has 0 aromatic carbocycles. The van der Waals surface area contributed by atoms with Gasteiger partial charge in [-0.25, -0.2) is 4.79 Å². The predicted molar refractivity (Wildman–Crippen MR) is 254 cm³/mol. The summed E-state index contributed by atoms with van der Waals surface area (Å²) in [5.74, 6) is -3.47. The molecule has 0 radical (unpaired) electrons. The molecule has 0 spiro atoms. The molecule has 0 saturated heterocycles. The summed E-state index contributed by atoms with van der Waals surface area (Å²) in [6.45, 7) is 3.32. The third kappa shape index (κ3) is 40.9. The minimum absolute atomic E-state index is 0.0200. The van der Waals surface area contributed by atoms with Gasteiger partial charge in [-0.2, -0.15) is 0 Å². The normalized spacial score (nSPS) is 12.5. The van der Waals surface area contributed by atoms with Gasteiger partial charge < -0.3 is 61.9 Å². The first-order valence-corrected chi connectivity index (χ1v) is 24.7. The number of hydrogen-bond acceptors (Lipinski definition) is 15. The second-order valence-corrected chi connectivity index (χ2v) is 16.5. The number of carboxylic acid groups (broad SMARTS) is 1. The smallest absolute Gasteiger partial charge is 0.326 e. The van der Waals surface area contributed by atoms with E-state index >= 15 is 0 Å². The summed E-state index contributed by atoms with van der Waals surface area (Å²) in [5.41, 5.74) is 10.7. The van der Waals surface area contributed by atoms with Gasteiger partial charge in [-0.15, -0.1) is 0 Å². The maximum atomic E-state index is 12.4. The van der Waals surface area contributed by atoms with Crippen molar-refractivity contribution >= 4 is 41.3 Å². The summed E-state index contributed by atoms with van der Waals surface area (Å²) in [6, 6.07) is -2.70. The van der Waals surface area contributed by atoms with E-state index in [4.69, 9.17) is 35.5 Å². The Balaban J connectivity index is 3.75. The molecule has 0 bridgehead atoms. The molecule has 0 aliphatic heterocycles. The van der Waals surface area contributed by atoms with Crippen LogP contribution >= 0.6 is 0 Å². The van der Waals surface area contributed by atoms with Gasteiger partial charge in [0, 0.05) is 39.1 Å². The van der Waals surface area contributed by atoms with E-state index in [-0.39, 0.29) is 128 Å². The van der Waals surface area contributed by atoms with Gasteiger partial charge in [0.2, 0.25) is 29.5 Å². The zero-order valence-electron chi connectivity index (χ0n) is 40.5. The Kier molecular flexibility index (Phi) is 43.3. The molecule has 0 rings (SSSR count). The highest BCUT2D eigenvalue weighted by atomic mass is 16.5. The minimum atomic E-state index is -1.17. The van der Waals surface area contributed by atoms with E-state index in [1.165, 1.54) is 70.6 Å². The molecule has 0 aromatic rings. The third-order valence-corrected chi connectivity index (χ3v) is 10.7. The van der Waals surface area contributed by atoms with Crippen molar-refractivity contribution in [2.75, 3.05) is 92.3 Å². The van der Waals surface area contributed by atoms with Crippen molar-refractivity contribution < 1.29 is 62.7 Å². The second kappa shape index (κ2) is 45.9. The number of carboxylic acids is 1. The number of nitrogens with two attached hydrogens (primary N) is 2. The standard InChI is InChI=1S/C46H88N8O13/c1-2-3-4-5-6-7-8-9-10-11-12-13-14-15-16-20-42(58)54-38(46(62)63)21-22-41(57)50-24-26-64-28-31-67-35-44(60)51-25-27-65-29-30-66-34-43(59)49-23-18-17-19-37(53-36-47)40(56)32-52-39(33-55)45(48)61/h37-39,52-53,55H,2-36,47H2,1H3,(H2,48,61)(H,49,59)(H,50,57)(H,51,60)(H,54,58)(H,62,63)/t37-,38?,39-/m0/s1. The lowest BCUT2D eigenvalue weighted by atomic mass is 10.0. The van der Waals surface area contributed by atoms with Crippen molar-refractivity contribution in [1.29, 1.82) is 0 Å². The van der Waals surface area contributed by atoms with Crippen LogP contribution < -0.4 is 43.4 Å². The number of aliphatic hydroxyl groups is 1. The number of aliphatic carboxylic acids is 1. The zero-order chi connectivity index (χ0) is 49.6. The Labute approximate surface area is 398 Å². The van der Waals surface area contributed by atoms with Crippen molar-refractivity contribution in [2.24, 2.45) is 11.5 Å². The molecular formula is C46H88N8O13. The van der Waals surface area contributed by atoms with Crippen LogP contribution in [0.25, 0.3) is 0 Å². The Morgan fingerprint density at radius 3 is 1.49 bits per heavy atom. The largest absolute Gasteiger partial charge is 0.480 e. The van der Waals surface area contributed by atoms with Crippen molar-refractivity contribution in [1.82, 2.24) is 31.9 Å². The van der Waals surface area contributed by atoms with Gasteiger partial charge >= 0.3 is 5.97 Å². The number of hydrogen-bond donors (Lipinski definition) is 10. The number of unbranched alkanes of at least 4 members (excludes halogenated alkanes) is 15. The average Bonchev–Trinajstić information content (AvgIpc) is 3.30. The molecule has 1 unspecified atom stereocenters. The number of carbonyl (C=O) groups excluding carboxylic acids is 6. The second-order valence-electron chi connectivity index (χ2n) is 16.5. The number of aliphatic hydroxyl groups excluding tert-OH is 1. The van der Waals surface area contributed by atoms with E-state index in [1.54, 1.807) is 0 Å². The van der Waals surface area contributed by atoms with Crippen molar-refractivity contribution in [3.8, 4) is 0 Å². The minimum Gasteiger partial charge on any atom is -0.480 e. The Morgan fingerprint density at radius 2 is 1.00 bits per heavy atom. The molecule has 390 valence electrons. The van der Waals surface area contributed by atoms with Crippen LogP contribution in [0.5, 0.6) is 0 Å². The fourth-order valence-electron chi connectivity index (χ4n) is 6.76. The van der Waals surface area contributed by atoms with Crippen LogP contribution in [0.1, 0.15) is 142 Å². The summed E-state index contributed by atoms with van der Waals surface area (Å²) in [5, 5.41) is 34.8. The maximum Gasteiger partial charge on any atom is 0.326 e. The zero-order valence-corrected chi connectivity index (χ0v) is 40.5. The molecular weight excluding hydrogens is 873 g/mol. The quantitative estimate of drug-likeness (QED) is 0.0301. The van der Waals surface area contributed by atoms with Crippen LogP contribution in [0, 0.1) is 0 Å². The third-order valence-electron chi connectivity index (χ3n) is 10.7. The van der Waals surface area contributed by atoms with Crippen LogP contribution in [0.15, 0.2) is 0 Å². The Morgan fingerprint density at radius 1 is 0.507 bits per heavy atom. The van der Waals surface area contributed by atoms with Gasteiger partial charge in [0.25, 0.3) is 0 Å². The molecule has 0 fully saturated rings. The van der Waals surface area contributed by atoms with Gasteiger partial charge in [-0.3, -0.25) is 39.4 Å². The molecule has 5 amide bonds. The van der Waals surface area contributed by atoms with Crippen LogP contribution in [0.4, 0.5) is 0 Å². The molecule has 0 heterocycles. The van der Waals surface area contributed by atoms with Crippen LogP contribution in [-0.2, 0) is 52.5 Å². The average molecular weight is 961 g/mol. The molecule has 67 heavy (non-hydrogen) atoms. The fourth-order valence-corrected chi connectivity index (χ4v) is 6.76. The molecule has 0 aliphatic carbocycles. The number of rotatable bonds is 50. The highest BCUT2D eigenvalue weighted by Crippen LogP contribution is 2.14. The lowest BCUT2D eigenvalue weighted by molar-refractivity contribution is -0.142. The van der Waals surface area contributed by atoms with Crippen LogP contribution in [0.2, 0.25) is 0 Å². The maximum absolute atomic E-state index is 12.4. The van der Waals surface area contributed by atoms with Gasteiger partial charge in [-0.05, 0) is 32.1 Å². The van der Waals surface area contributed by atoms with Gasteiger partial charge in [0.15, 0.2) is 5.78 Å². The first-order chi connectivity index (χ1) is 32.4. The molecule has 21 nitrogen and oxygen atoms in total. The van der Waals surface area contributed by atoms with Gasteiger partial charge in [0.1, 0.15) is 25.3 Å². The van der Waals surface area contributed by atoms with E-state index < -0.39 is 36.6 Å². The summed E-state index contributed by atoms with van der Waals surface area (Å²) in [7, 11) is 0. The molecule has 0 aromatic heterocycles. The fraction of sp³-hybridized carbons (Fsp3) is 0.848. The van der Waals surface area contributed by atoms with E-state index in [0.717, 1.165) is 19.3 Å². The van der Waals surface area contributed by atoms with E-state index in [9.17, 15) is 38.7 Å². The molecule has 0 saturated carbocycles. The Bertz CT molecular complexity index is 1320. The summed E-state index contributed by atoms with van der Waals surface area (Å²) in [4.78, 5) is 83.9. The predicted octanol–water partition coefficient (Wildman–Crippen LogP) is 1.06. The number of amides is 5. The highest BCUT2D eigenvalue weighted by Gasteiger charge is 2.22. The van der Waals surface area contributed by atoms with Crippen LogP contribution in [0.3, 0.4) is 0 Å². The lowest BCUT2D eigenvalue weighted by Gasteiger charge is -2.18. The lowest BCUT2D eigenvalue weighted by Crippen LogP contribution is -2.50. The number of ether oxygens (including phenoxy) is 4. The van der Waals surface area contributed by atoms with Gasteiger partial charge in [-0.1, -0.05) is 96.8 Å². The summed E-state index contributed by atoms with van der Waals surface area (Å²) in [6.07, 6.45) is 20.3. The van der Waals surface area contributed by atoms with Crippen molar-refractivity contribution in [2.45, 2.75) is 160 Å². The Hall–Kier alpha value is -3.83. The molecule has 3 atom stereocenters.